The zero-order chi connectivity index (χ0) is 18.9. The van der Waals surface area contributed by atoms with Crippen molar-refractivity contribution >= 4 is 39.1 Å². The molecule has 0 spiro atoms. The van der Waals surface area contributed by atoms with Gasteiger partial charge in [-0.15, -0.1) is 0 Å². The van der Waals surface area contributed by atoms with E-state index in [2.05, 4.69) is 31.8 Å². The van der Waals surface area contributed by atoms with Crippen molar-refractivity contribution in [3.63, 3.8) is 0 Å². The van der Waals surface area contributed by atoms with Crippen LogP contribution in [-0.2, 0) is 9.59 Å². The lowest BCUT2D eigenvalue weighted by Crippen LogP contribution is -2.34. The van der Waals surface area contributed by atoms with Gasteiger partial charge in [0.25, 0.3) is 5.91 Å². The SMILES string of the molecule is C/C(CC(=O)Nc1ccccc1)=N/NC(=O)[C@@H](C)Oc1ccccc1Br. The molecule has 136 valence electrons. The van der Waals surface area contributed by atoms with E-state index in [4.69, 9.17) is 4.74 Å². The highest BCUT2D eigenvalue weighted by atomic mass is 79.9. The number of hydrogen-bond acceptors (Lipinski definition) is 4. The van der Waals surface area contributed by atoms with Crippen molar-refractivity contribution in [3.8, 4) is 5.75 Å². The first-order valence-corrected chi connectivity index (χ1v) is 8.84. The summed E-state index contributed by atoms with van der Waals surface area (Å²) >= 11 is 3.36. The summed E-state index contributed by atoms with van der Waals surface area (Å²) in [6.45, 7) is 3.30. The van der Waals surface area contributed by atoms with Crippen molar-refractivity contribution < 1.29 is 14.3 Å². The van der Waals surface area contributed by atoms with Crippen LogP contribution in [0.2, 0.25) is 0 Å². The van der Waals surface area contributed by atoms with Gasteiger partial charge in [0.05, 0.1) is 10.9 Å². The van der Waals surface area contributed by atoms with E-state index in [9.17, 15) is 9.59 Å². The molecule has 1 atom stereocenters. The van der Waals surface area contributed by atoms with E-state index < -0.39 is 12.0 Å². The summed E-state index contributed by atoms with van der Waals surface area (Å²) in [6, 6.07) is 16.4. The lowest BCUT2D eigenvalue weighted by atomic mass is 10.2. The smallest absolute Gasteiger partial charge is 0.280 e. The van der Waals surface area contributed by atoms with Gasteiger partial charge in [0.2, 0.25) is 5.91 Å². The number of nitrogens with zero attached hydrogens (tertiary/aromatic N) is 1. The number of carbonyl (C=O) groups excluding carboxylic acids is 2. The molecule has 2 N–H and O–H groups in total. The predicted octanol–water partition coefficient (Wildman–Crippen LogP) is 3.74. The largest absolute Gasteiger partial charge is 0.480 e. The lowest BCUT2D eigenvalue weighted by molar-refractivity contribution is -0.127. The number of nitrogens with one attached hydrogen (secondary N) is 2. The number of anilines is 1. The zero-order valence-corrected chi connectivity index (χ0v) is 16.1. The van der Waals surface area contributed by atoms with E-state index in [0.29, 0.717) is 17.1 Å². The van der Waals surface area contributed by atoms with Crippen molar-refractivity contribution in [2.24, 2.45) is 5.10 Å². The molecule has 0 fully saturated rings. The van der Waals surface area contributed by atoms with Crippen molar-refractivity contribution in [1.82, 2.24) is 5.43 Å². The van der Waals surface area contributed by atoms with E-state index in [1.54, 1.807) is 32.0 Å². The van der Waals surface area contributed by atoms with E-state index in [1.165, 1.54) is 0 Å². The summed E-state index contributed by atoms with van der Waals surface area (Å²) in [5, 5.41) is 6.72. The maximum absolute atomic E-state index is 12.1. The minimum atomic E-state index is -0.733. The van der Waals surface area contributed by atoms with Gasteiger partial charge >= 0.3 is 0 Å². The topological polar surface area (TPSA) is 79.8 Å². The van der Waals surface area contributed by atoms with Gasteiger partial charge in [-0.2, -0.15) is 5.10 Å². The van der Waals surface area contributed by atoms with Gasteiger partial charge in [-0.25, -0.2) is 5.43 Å². The van der Waals surface area contributed by atoms with Crippen LogP contribution in [0, 0.1) is 0 Å². The Bertz CT molecular complexity index is 794. The number of rotatable bonds is 7. The van der Waals surface area contributed by atoms with E-state index >= 15 is 0 Å². The Morgan fingerprint density at radius 3 is 2.46 bits per heavy atom. The molecular weight excluding hydrogens is 398 g/mol. The zero-order valence-electron chi connectivity index (χ0n) is 14.5. The summed E-state index contributed by atoms with van der Waals surface area (Å²) in [6.07, 6.45) is -0.655. The molecule has 0 saturated carbocycles. The third-order valence-corrected chi connectivity index (χ3v) is 4.00. The van der Waals surface area contributed by atoms with Gasteiger partial charge in [0, 0.05) is 11.4 Å². The number of ether oxygens (including phenoxy) is 1. The van der Waals surface area contributed by atoms with Crippen LogP contribution < -0.4 is 15.5 Å². The molecule has 0 aromatic heterocycles. The molecule has 6 nitrogen and oxygen atoms in total. The molecule has 2 aromatic rings. The molecule has 2 aromatic carbocycles. The van der Waals surface area contributed by atoms with Crippen molar-refractivity contribution in [1.29, 1.82) is 0 Å². The molecule has 2 rings (SSSR count). The molecule has 0 saturated heterocycles. The van der Waals surface area contributed by atoms with Crippen LogP contribution in [0.3, 0.4) is 0 Å². The molecule has 7 heteroatoms. The summed E-state index contributed by atoms with van der Waals surface area (Å²) in [4.78, 5) is 24.0. The quantitative estimate of drug-likeness (QED) is 0.531. The van der Waals surface area contributed by atoms with Gasteiger partial charge in [-0.3, -0.25) is 9.59 Å². The number of benzene rings is 2. The average molecular weight is 418 g/mol. The Labute approximate surface area is 160 Å². The highest BCUT2D eigenvalue weighted by molar-refractivity contribution is 9.10. The normalized spacial score (nSPS) is 12.2. The minimum absolute atomic E-state index is 0.0780. The Balaban J connectivity index is 1.82. The highest BCUT2D eigenvalue weighted by Crippen LogP contribution is 2.24. The van der Waals surface area contributed by atoms with E-state index in [1.807, 2.05) is 36.4 Å². The predicted molar refractivity (Wildman–Crippen MR) is 105 cm³/mol. The Kier molecular flexibility index (Phi) is 7.35. The number of hydrogen-bond donors (Lipinski definition) is 2. The average Bonchev–Trinajstić information content (AvgIpc) is 2.62. The summed E-state index contributed by atoms with van der Waals surface area (Å²) < 4.78 is 6.35. The van der Waals surface area contributed by atoms with E-state index in [0.717, 1.165) is 4.47 Å². The first-order chi connectivity index (χ1) is 12.5. The highest BCUT2D eigenvalue weighted by Gasteiger charge is 2.15. The van der Waals surface area contributed by atoms with Gasteiger partial charge in [-0.1, -0.05) is 30.3 Å². The molecule has 0 radical (unpaired) electrons. The molecule has 2 amide bonds. The number of carbonyl (C=O) groups is 2. The van der Waals surface area contributed by atoms with Gasteiger partial charge in [0.1, 0.15) is 5.75 Å². The summed E-state index contributed by atoms with van der Waals surface area (Å²) in [5.74, 6) is -0.0362. The van der Waals surface area contributed by atoms with Crippen molar-refractivity contribution in [3.05, 3.63) is 59.1 Å². The molecule has 0 aliphatic heterocycles. The molecule has 0 aliphatic rings. The van der Waals surface area contributed by atoms with Crippen LogP contribution in [0.4, 0.5) is 5.69 Å². The molecule has 0 heterocycles. The Hall–Kier alpha value is -2.67. The standard InChI is InChI=1S/C19H20BrN3O3/c1-13(12-18(24)21-15-8-4-3-5-9-15)22-23-19(25)14(2)26-17-11-7-6-10-16(17)20/h3-11,14H,12H2,1-2H3,(H,21,24)(H,23,25)/b22-13-/t14-/m1/s1. The summed E-state index contributed by atoms with van der Waals surface area (Å²) in [7, 11) is 0. The monoisotopic (exact) mass is 417 g/mol. The van der Waals surface area contributed by atoms with Crippen molar-refractivity contribution in [2.75, 3.05) is 5.32 Å². The number of halogens is 1. The Morgan fingerprint density at radius 1 is 1.12 bits per heavy atom. The van der Waals surface area contributed by atoms with Crippen LogP contribution in [0.25, 0.3) is 0 Å². The van der Waals surface area contributed by atoms with Crippen LogP contribution in [0.5, 0.6) is 5.75 Å². The fraction of sp³-hybridized carbons (Fsp3) is 0.211. The van der Waals surface area contributed by atoms with E-state index in [-0.39, 0.29) is 12.3 Å². The fourth-order valence-electron chi connectivity index (χ4n) is 2.02. The van der Waals surface area contributed by atoms with Gasteiger partial charge in [0.15, 0.2) is 6.10 Å². The first-order valence-electron chi connectivity index (χ1n) is 8.05. The maximum atomic E-state index is 12.1. The van der Waals surface area contributed by atoms with Crippen LogP contribution >= 0.6 is 15.9 Å². The van der Waals surface area contributed by atoms with Crippen LogP contribution in [-0.4, -0.2) is 23.6 Å². The third kappa shape index (κ3) is 6.33. The minimum Gasteiger partial charge on any atom is -0.480 e. The fourth-order valence-corrected chi connectivity index (χ4v) is 2.40. The van der Waals surface area contributed by atoms with Gasteiger partial charge in [-0.05, 0) is 54.0 Å². The number of amides is 2. The number of para-hydroxylation sites is 2. The molecule has 0 bridgehead atoms. The second kappa shape index (κ2) is 9.72. The second-order valence-electron chi connectivity index (χ2n) is 5.60. The summed E-state index contributed by atoms with van der Waals surface area (Å²) in [5.41, 5.74) is 3.62. The molecule has 0 aliphatic carbocycles. The molecule has 0 unspecified atom stereocenters. The second-order valence-corrected chi connectivity index (χ2v) is 6.46. The first kappa shape index (κ1) is 19.7. The van der Waals surface area contributed by atoms with Crippen molar-refractivity contribution in [2.45, 2.75) is 26.4 Å². The molecular formula is C19H20BrN3O3. The molecule has 26 heavy (non-hydrogen) atoms. The van der Waals surface area contributed by atoms with Crippen LogP contribution in [0.15, 0.2) is 64.2 Å². The van der Waals surface area contributed by atoms with Crippen LogP contribution in [0.1, 0.15) is 20.3 Å². The van der Waals surface area contributed by atoms with Gasteiger partial charge < -0.3 is 10.1 Å². The number of hydrazone groups is 1. The lowest BCUT2D eigenvalue weighted by Gasteiger charge is -2.14. The Morgan fingerprint density at radius 2 is 1.77 bits per heavy atom. The maximum Gasteiger partial charge on any atom is 0.280 e. The third-order valence-electron chi connectivity index (χ3n) is 3.34.